The van der Waals surface area contributed by atoms with Crippen LogP contribution in [0, 0.1) is 17.2 Å². The number of hydrogen-bond donors (Lipinski definition) is 1. The first-order valence-electron chi connectivity index (χ1n) is 12.4. The van der Waals surface area contributed by atoms with Crippen molar-refractivity contribution >= 4 is 17.2 Å². The Morgan fingerprint density at radius 2 is 1.86 bits per heavy atom. The molecule has 0 aliphatic carbocycles. The van der Waals surface area contributed by atoms with Gasteiger partial charge in [0.1, 0.15) is 23.0 Å². The van der Waals surface area contributed by atoms with Crippen molar-refractivity contribution in [2.75, 3.05) is 31.1 Å². The van der Waals surface area contributed by atoms with Crippen molar-refractivity contribution in [1.29, 1.82) is 5.26 Å². The molecule has 1 aliphatic heterocycles. The lowest BCUT2D eigenvalue weighted by Crippen LogP contribution is -2.53. The summed E-state index contributed by atoms with van der Waals surface area (Å²) in [6.07, 6.45) is 9.43. The van der Waals surface area contributed by atoms with Gasteiger partial charge in [-0.3, -0.25) is 9.48 Å². The Bertz CT molecular complexity index is 1460. The third kappa shape index (κ3) is 4.88. The van der Waals surface area contributed by atoms with E-state index in [0.717, 1.165) is 16.9 Å². The predicted molar refractivity (Wildman–Crippen MR) is 139 cm³/mol. The third-order valence-corrected chi connectivity index (χ3v) is 6.60. The van der Waals surface area contributed by atoms with Crippen molar-refractivity contribution < 1.29 is 4.79 Å². The Hall–Kier alpha value is -4.30. The molecule has 4 aromatic rings. The number of pyridine rings is 1. The number of rotatable bonds is 6. The molecule has 190 valence electrons. The lowest BCUT2D eigenvalue weighted by molar-refractivity contribution is -0.133. The highest BCUT2D eigenvalue weighted by Gasteiger charge is 2.26. The second-order valence-corrected chi connectivity index (χ2v) is 9.79. The predicted octanol–water partition coefficient (Wildman–Crippen LogP) is 2.09. The number of piperazine rings is 1. The molecular formula is C26H30N10O. The van der Waals surface area contributed by atoms with Gasteiger partial charge in [0, 0.05) is 56.7 Å². The van der Waals surface area contributed by atoms with Crippen LogP contribution >= 0.6 is 0 Å². The molecule has 0 bridgehead atoms. The maximum absolute atomic E-state index is 12.7. The van der Waals surface area contributed by atoms with Crippen molar-refractivity contribution in [3.63, 3.8) is 0 Å². The lowest BCUT2D eigenvalue weighted by Gasteiger charge is -2.36. The first-order chi connectivity index (χ1) is 17.8. The van der Waals surface area contributed by atoms with Gasteiger partial charge in [-0.25, -0.2) is 14.5 Å². The van der Waals surface area contributed by atoms with Gasteiger partial charge in [-0.05, 0) is 24.5 Å². The van der Waals surface area contributed by atoms with Crippen molar-refractivity contribution in [2.45, 2.75) is 26.3 Å². The number of nitrogens with zero attached hydrogens (tertiary/aromatic N) is 9. The van der Waals surface area contributed by atoms with Gasteiger partial charge in [-0.1, -0.05) is 13.8 Å². The molecular weight excluding hydrogens is 468 g/mol. The molecule has 0 aromatic carbocycles. The zero-order chi connectivity index (χ0) is 26.1. The van der Waals surface area contributed by atoms with Crippen LogP contribution in [0.15, 0.2) is 43.1 Å². The van der Waals surface area contributed by atoms with E-state index in [4.69, 9.17) is 15.7 Å². The van der Waals surface area contributed by atoms with Gasteiger partial charge < -0.3 is 15.5 Å². The highest BCUT2D eigenvalue weighted by molar-refractivity contribution is 5.83. The SMILES string of the molecule is CC(C)CC(N)C(=O)N1CCN(c2ccc(-c3nc(-c4cnn(C)c4)cn4ncc(C#N)c34)cn2)CC1. The highest BCUT2D eigenvalue weighted by atomic mass is 16.2. The van der Waals surface area contributed by atoms with Crippen LogP contribution in [0.5, 0.6) is 0 Å². The first kappa shape index (κ1) is 24.4. The molecule has 5 rings (SSSR count). The van der Waals surface area contributed by atoms with E-state index >= 15 is 0 Å². The Kier molecular flexibility index (Phi) is 6.58. The molecule has 0 spiro atoms. The molecule has 1 unspecified atom stereocenters. The minimum Gasteiger partial charge on any atom is -0.353 e. The average molecular weight is 499 g/mol. The van der Waals surface area contributed by atoms with E-state index in [0.29, 0.717) is 61.0 Å². The minimum absolute atomic E-state index is 0.0225. The fourth-order valence-corrected chi connectivity index (χ4v) is 4.70. The number of aromatic nitrogens is 6. The van der Waals surface area contributed by atoms with E-state index in [1.807, 2.05) is 30.3 Å². The fourth-order valence-electron chi connectivity index (χ4n) is 4.70. The molecule has 37 heavy (non-hydrogen) atoms. The Labute approximate surface area is 215 Å². The summed E-state index contributed by atoms with van der Waals surface area (Å²) in [5.74, 6) is 1.24. The van der Waals surface area contributed by atoms with Crippen LogP contribution < -0.4 is 10.6 Å². The number of amides is 1. The van der Waals surface area contributed by atoms with Gasteiger partial charge in [0.05, 0.1) is 36.0 Å². The molecule has 1 atom stereocenters. The Morgan fingerprint density at radius 3 is 2.49 bits per heavy atom. The number of nitriles is 1. The van der Waals surface area contributed by atoms with Crippen molar-refractivity contribution in [3.05, 3.63) is 48.7 Å². The average Bonchev–Trinajstić information content (AvgIpc) is 3.53. The molecule has 1 saturated heterocycles. The van der Waals surface area contributed by atoms with Gasteiger partial charge >= 0.3 is 0 Å². The number of anilines is 1. The molecule has 5 heterocycles. The summed E-state index contributed by atoms with van der Waals surface area (Å²) < 4.78 is 3.39. The van der Waals surface area contributed by atoms with E-state index in [2.05, 4.69) is 35.0 Å². The maximum atomic E-state index is 12.7. The third-order valence-electron chi connectivity index (χ3n) is 6.60. The van der Waals surface area contributed by atoms with Gasteiger partial charge in [-0.15, -0.1) is 0 Å². The van der Waals surface area contributed by atoms with Crippen molar-refractivity contribution in [1.82, 2.24) is 34.3 Å². The van der Waals surface area contributed by atoms with E-state index in [1.54, 1.807) is 34.0 Å². The number of fused-ring (bicyclic) bond motifs is 1. The molecule has 0 saturated carbocycles. The summed E-state index contributed by atoms with van der Waals surface area (Å²) >= 11 is 0. The second-order valence-electron chi connectivity index (χ2n) is 9.79. The number of hydrogen-bond acceptors (Lipinski definition) is 8. The zero-order valence-electron chi connectivity index (χ0n) is 21.2. The molecule has 1 amide bonds. The summed E-state index contributed by atoms with van der Waals surface area (Å²) in [4.78, 5) is 26.3. The standard InChI is InChI=1S/C26H30N10O/c1-17(2)10-21(28)26(37)35-8-6-34(7-9-35)23-5-4-18(12-29-23)24-25-19(11-27)13-31-36(25)16-22(32-24)20-14-30-33(3)15-20/h4-5,12-17,21H,6-10,28H2,1-3H3. The van der Waals surface area contributed by atoms with Gasteiger partial charge in [0.2, 0.25) is 5.91 Å². The first-order valence-corrected chi connectivity index (χ1v) is 12.4. The van der Waals surface area contributed by atoms with Crippen LogP contribution in [-0.2, 0) is 11.8 Å². The maximum Gasteiger partial charge on any atom is 0.239 e. The number of aryl methyl sites for hydroxylation is 1. The Balaban J connectivity index is 1.37. The van der Waals surface area contributed by atoms with Gasteiger partial charge in [-0.2, -0.15) is 15.5 Å². The van der Waals surface area contributed by atoms with Gasteiger partial charge in [0.25, 0.3) is 0 Å². The topological polar surface area (TPSA) is 134 Å². The largest absolute Gasteiger partial charge is 0.353 e. The zero-order valence-corrected chi connectivity index (χ0v) is 21.2. The fraction of sp³-hybridized carbons (Fsp3) is 0.385. The van der Waals surface area contributed by atoms with Crippen LogP contribution in [0.25, 0.3) is 28.0 Å². The van der Waals surface area contributed by atoms with Crippen LogP contribution in [-0.4, -0.2) is 72.4 Å². The Morgan fingerprint density at radius 1 is 1.08 bits per heavy atom. The molecule has 11 heteroatoms. The summed E-state index contributed by atoms with van der Waals surface area (Å²) in [7, 11) is 1.85. The molecule has 1 aliphatic rings. The van der Waals surface area contributed by atoms with E-state index in [1.165, 1.54) is 0 Å². The second kappa shape index (κ2) is 9.99. The van der Waals surface area contributed by atoms with Crippen LogP contribution in [0.1, 0.15) is 25.8 Å². The van der Waals surface area contributed by atoms with Crippen molar-refractivity contribution in [2.24, 2.45) is 18.7 Å². The monoisotopic (exact) mass is 498 g/mol. The minimum atomic E-state index is -0.447. The van der Waals surface area contributed by atoms with Crippen LogP contribution in [0.3, 0.4) is 0 Å². The van der Waals surface area contributed by atoms with Gasteiger partial charge in [0.15, 0.2) is 0 Å². The van der Waals surface area contributed by atoms with E-state index in [-0.39, 0.29) is 5.91 Å². The highest BCUT2D eigenvalue weighted by Crippen LogP contribution is 2.29. The number of carbonyl (C=O) groups is 1. The summed E-state index contributed by atoms with van der Waals surface area (Å²) in [6, 6.07) is 5.67. The van der Waals surface area contributed by atoms with Crippen LogP contribution in [0.2, 0.25) is 0 Å². The van der Waals surface area contributed by atoms with Crippen molar-refractivity contribution in [3.8, 4) is 28.6 Å². The molecule has 2 N–H and O–H groups in total. The smallest absolute Gasteiger partial charge is 0.239 e. The summed E-state index contributed by atoms with van der Waals surface area (Å²) in [6.45, 7) is 6.75. The summed E-state index contributed by atoms with van der Waals surface area (Å²) in [5, 5.41) is 18.2. The van der Waals surface area contributed by atoms with E-state index < -0.39 is 6.04 Å². The summed E-state index contributed by atoms with van der Waals surface area (Å²) in [5.41, 5.74) is 10.2. The normalized spacial score (nSPS) is 14.8. The molecule has 1 fully saturated rings. The molecule has 11 nitrogen and oxygen atoms in total. The number of nitrogens with two attached hydrogens (primary N) is 1. The van der Waals surface area contributed by atoms with E-state index in [9.17, 15) is 10.1 Å². The molecule has 0 radical (unpaired) electrons. The van der Waals surface area contributed by atoms with Crippen LogP contribution in [0.4, 0.5) is 5.82 Å². The lowest BCUT2D eigenvalue weighted by atomic mass is 10.0. The quantitative estimate of drug-likeness (QED) is 0.427. The number of carbonyl (C=O) groups excluding carboxylic acids is 1. The molecule has 4 aromatic heterocycles.